The molecule has 0 aliphatic carbocycles. The maximum atomic E-state index is 12.0. The molecule has 1 aromatic carbocycles. The molecule has 2 amide bonds. The number of hydrogen-bond acceptors (Lipinski definition) is 5. The van der Waals surface area contributed by atoms with Gasteiger partial charge in [-0.25, -0.2) is 4.98 Å². The van der Waals surface area contributed by atoms with Crippen LogP contribution in [0.5, 0.6) is 5.75 Å². The quantitative estimate of drug-likeness (QED) is 0.517. The summed E-state index contributed by atoms with van der Waals surface area (Å²) >= 11 is 9.05. The molecule has 1 aromatic heterocycles. The number of amides is 2. The van der Waals surface area contributed by atoms with Gasteiger partial charge in [-0.1, -0.05) is 23.7 Å². The molecular weight excluding hydrogens is 400 g/mol. The van der Waals surface area contributed by atoms with Crippen molar-refractivity contribution in [3.63, 3.8) is 0 Å². The number of aromatic nitrogens is 1. The van der Waals surface area contributed by atoms with Crippen LogP contribution < -0.4 is 20.9 Å². The molecule has 0 bridgehead atoms. The van der Waals surface area contributed by atoms with E-state index in [1.54, 1.807) is 12.1 Å². The average Bonchev–Trinajstić information content (AvgIpc) is 2.60. The summed E-state index contributed by atoms with van der Waals surface area (Å²) in [7, 11) is 1.54. The molecule has 3 N–H and O–H groups in total. The smallest absolute Gasteiger partial charge is 0.272 e. The number of hydrazine groups is 1. The lowest BCUT2D eigenvalue weighted by Crippen LogP contribution is -2.44. The van der Waals surface area contributed by atoms with E-state index in [4.69, 9.17) is 16.3 Å². The van der Waals surface area contributed by atoms with Crippen LogP contribution in [0.15, 0.2) is 41.0 Å². The monoisotopic (exact) mass is 412 g/mol. The first-order valence-electron chi connectivity index (χ1n) is 6.78. The van der Waals surface area contributed by atoms with Crippen molar-refractivity contribution in [2.24, 2.45) is 0 Å². The van der Waals surface area contributed by atoms with Crippen molar-refractivity contribution in [3.8, 4) is 5.75 Å². The number of pyridine rings is 1. The molecule has 0 fully saturated rings. The Morgan fingerprint density at radius 1 is 1.29 bits per heavy atom. The normalized spacial score (nSPS) is 9.96. The van der Waals surface area contributed by atoms with Gasteiger partial charge < -0.3 is 10.1 Å². The standard InChI is InChI=1S/C15H14BrClN4O3/c1-24-12-5-3-2-4-11(12)18-8-13(22)20-21-15(23)10-6-9(16)7-19-14(10)17/h2-7,18H,8H2,1H3,(H,20,22)(H,21,23). The molecule has 2 aromatic rings. The van der Waals surface area contributed by atoms with Crippen molar-refractivity contribution < 1.29 is 14.3 Å². The highest BCUT2D eigenvalue weighted by atomic mass is 79.9. The van der Waals surface area contributed by atoms with E-state index in [0.717, 1.165) is 0 Å². The Hall–Kier alpha value is -2.32. The zero-order valence-electron chi connectivity index (χ0n) is 12.6. The molecule has 0 aliphatic rings. The van der Waals surface area contributed by atoms with Crippen molar-refractivity contribution in [1.82, 2.24) is 15.8 Å². The first-order valence-corrected chi connectivity index (χ1v) is 7.95. The van der Waals surface area contributed by atoms with Crippen molar-refractivity contribution in [1.29, 1.82) is 0 Å². The van der Waals surface area contributed by atoms with Crippen LogP contribution in [0.2, 0.25) is 5.15 Å². The van der Waals surface area contributed by atoms with Crippen LogP contribution in [0.1, 0.15) is 10.4 Å². The molecule has 0 aliphatic heterocycles. The summed E-state index contributed by atoms with van der Waals surface area (Å²) in [5, 5.41) is 2.95. The van der Waals surface area contributed by atoms with Crippen molar-refractivity contribution >= 4 is 45.0 Å². The van der Waals surface area contributed by atoms with Gasteiger partial charge in [-0.15, -0.1) is 0 Å². The Morgan fingerprint density at radius 3 is 2.79 bits per heavy atom. The van der Waals surface area contributed by atoms with Gasteiger partial charge in [0.15, 0.2) is 0 Å². The van der Waals surface area contributed by atoms with Gasteiger partial charge in [-0.05, 0) is 34.1 Å². The van der Waals surface area contributed by atoms with E-state index in [0.29, 0.717) is 15.9 Å². The minimum absolute atomic E-state index is 0.0390. The van der Waals surface area contributed by atoms with Crippen LogP contribution in [0.3, 0.4) is 0 Å². The summed E-state index contributed by atoms with van der Waals surface area (Å²) in [5.41, 5.74) is 5.38. The van der Waals surface area contributed by atoms with Crippen molar-refractivity contribution in [3.05, 3.63) is 51.7 Å². The average molecular weight is 414 g/mol. The lowest BCUT2D eigenvalue weighted by molar-refractivity contribution is -0.120. The van der Waals surface area contributed by atoms with Gasteiger partial charge >= 0.3 is 0 Å². The second-order valence-corrected chi connectivity index (χ2v) is 5.82. The lowest BCUT2D eigenvalue weighted by atomic mass is 10.3. The topological polar surface area (TPSA) is 92.4 Å². The number of carbonyl (C=O) groups excluding carboxylic acids is 2. The summed E-state index contributed by atoms with van der Waals surface area (Å²) in [4.78, 5) is 27.6. The van der Waals surface area contributed by atoms with E-state index in [-0.39, 0.29) is 17.3 Å². The first-order chi connectivity index (χ1) is 11.5. The fourth-order valence-corrected chi connectivity index (χ4v) is 2.31. The predicted octanol–water partition coefficient (Wildman–Crippen LogP) is 2.38. The number of nitrogens with zero attached hydrogens (tertiary/aromatic N) is 1. The minimum Gasteiger partial charge on any atom is -0.495 e. The molecule has 0 radical (unpaired) electrons. The number of hydrogen-bond donors (Lipinski definition) is 3. The zero-order valence-corrected chi connectivity index (χ0v) is 14.9. The Morgan fingerprint density at radius 2 is 2.04 bits per heavy atom. The van der Waals surface area contributed by atoms with Crippen LogP contribution in [-0.4, -0.2) is 30.5 Å². The first kappa shape index (κ1) is 18.0. The Kier molecular flexibility index (Phi) is 6.39. The van der Waals surface area contributed by atoms with E-state index in [9.17, 15) is 9.59 Å². The van der Waals surface area contributed by atoms with Crippen LogP contribution in [0.25, 0.3) is 0 Å². The summed E-state index contributed by atoms with van der Waals surface area (Å²) in [6, 6.07) is 8.68. The highest BCUT2D eigenvalue weighted by molar-refractivity contribution is 9.10. The van der Waals surface area contributed by atoms with E-state index in [1.807, 2.05) is 12.1 Å². The summed E-state index contributed by atoms with van der Waals surface area (Å²) in [6.07, 6.45) is 1.47. The maximum absolute atomic E-state index is 12.0. The van der Waals surface area contributed by atoms with Crippen molar-refractivity contribution in [2.75, 3.05) is 19.0 Å². The summed E-state index contributed by atoms with van der Waals surface area (Å²) in [5.74, 6) is -0.394. The number of nitrogens with one attached hydrogen (secondary N) is 3. The molecule has 126 valence electrons. The molecule has 0 saturated carbocycles. The van der Waals surface area contributed by atoms with Gasteiger partial charge in [-0.2, -0.15) is 0 Å². The highest BCUT2D eigenvalue weighted by Gasteiger charge is 2.13. The van der Waals surface area contributed by atoms with E-state index in [1.165, 1.54) is 19.4 Å². The lowest BCUT2D eigenvalue weighted by Gasteiger charge is -2.12. The molecule has 0 atom stereocenters. The fourth-order valence-electron chi connectivity index (χ4n) is 1.79. The number of methoxy groups -OCH3 is 1. The third-order valence-electron chi connectivity index (χ3n) is 2.91. The SMILES string of the molecule is COc1ccccc1NCC(=O)NNC(=O)c1cc(Br)cnc1Cl. The fraction of sp³-hybridized carbons (Fsp3) is 0.133. The Labute approximate surface area is 151 Å². The van der Waals surface area contributed by atoms with Gasteiger partial charge in [0.25, 0.3) is 11.8 Å². The molecule has 7 nitrogen and oxygen atoms in total. The third kappa shape index (κ3) is 4.84. The molecule has 0 spiro atoms. The number of ether oxygens (including phenoxy) is 1. The van der Waals surface area contributed by atoms with Gasteiger partial charge in [0.1, 0.15) is 10.9 Å². The second-order valence-electron chi connectivity index (χ2n) is 4.55. The minimum atomic E-state index is -0.570. The van der Waals surface area contributed by atoms with Gasteiger partial charge in [0, 0.05) is 10.7 Å². The van der Waals surface area contributed by atoms with Gasteiger partial charge in [-0.3, -0.25) is 20.4 Å². The summed E-state index contributed by atoms with van der Waals surface area (Å²) in [6.45, 7) is -0.0505. The predicted molar refractivity (Wildman–Crippen MR) is 94.0 cm³/mol. The molecule has 24 heavy (non-hydrogen) atoms. The molecule has 0 unspecified atom stereocenters. The number of benzene rings is 1. The molecule has 0 saturated heterocycles. The van der Waals surface area contributed by atoms with Crippen molar-refractivity contribution in [2.45, 2.75) is 0 Å². The zero-order chi connectivity index (χ0) is 17.5. The Balaban J connectivity index is 1.87. The second kappa shape index (κ2) is 8.51. The molecular formula is C15H14BrClN4O3. The van der Waals surface area contributed by atoms with Crippen LogP contribution in [0, 0.1) is 0 Å². The summed E-state index contributed by atoms with van der Waals surface area (Å²) < 4.78 is 5.77. The van der Waals surface area contributed by atoms with Gasteiger partial charge in [0.2, 0.25) is 0 Å². The molecule has 9 heteroatoms. The number of anilines is 1. The van der Waals surface area contributed by atoms with E-state index >= 15 is 0 Å². The van der Waals surface area contributed by atoms with E-state index in [2.05, 4.69) is 37.1 Å². The Bertz CT molecular complexity index is 757. The van der Waals surface area contributed by atoms with E-state index < -0.39 is 11.8 Å². The molecule has 1 heterocycles. The number of rotatable bonds is 5. The van der Waals surface area contributed by atoms with Crippen LogP contribution >= 0.6 is 27.5 Å². The number of para-hydroxylation sites is 2. The highest BCUT2D eigenvalue weighted by Crippen LogP contribution is 2.22. The van der Waals surface area contributed by atoms with Crippen LogP contribution in [0.4, 0.5) is 5.69 Å². The molecule has 2 rings (SSSR count). The largest absolute Gasteiger partial charge is 0.495 e. The maximum Gasteiger partial charge on any atom is 0.272 e. The third-order valence-corrected chi connectivity index (χ3v) is 3.65. The van der Waals surface area contributed by atoms with Gasteiger partial charge in [0.05, 0.1) is 24.9 Å². The number of halogens is 2. The van der Waals surface area contributed by atoms with Crippen LogP contribution in [-0.2, 0) is 4.79 Å². The number of carbonyl (C=O) groups is 2.